The van der Waals surface area contributed by atoms with E-state index in [1.165, 1.54) is 6.20 Å². The summed E-state index contributed by atoms with van der Waals surface area (Å²) >= 11 is 6.17. The van der Waals surface area contributed by atoms with Crippen LogP contribution in [0.4, 0.5) is 0 Å². The zero-order valence-electron chi connectivity index (χ0n) is 12.1. The van der Waals surface area contributed by atoms with E-state index in [1.807, 2.05) is 19.9 Å². The van der Waals surface area contributed by atoms with E-state index >= 15 is 0 Å². The molecule has 106 valence electrons. The minimum Gasteiger partial charge on any atom is -0.245 e. The molecular formula is C17H16ClN3. The lowest BCUT2D eigenvalue weighted by Crippen LogP contribution is -1.92. The molecule has 0 aliphatic heterocycles. The van der Waals surface area contributed by atoms with Crippen LogP contribution in [0.1, 0.15) is 25.1 Å². The molecule has 0 saturated carbocycles. The molecule has 2 heterocycles. The first-order valence-corrected chi connectivity index (χ1v) is 6.90. The van der Waals surface area contributed by atoms with Gasteiger partial charge in [0, 0.05) is 17.1 Å². The van der Waals surface area contributed by atoms with Gasteiger partial charge in [0.1, 0.15) is 16.9 Å². The van der Waals surface area contributed by atoms with Crippen molar-refractivity contribution in [1.29, 1.82) is 5.26 Å². The zero-order chi connectivity index (χ0) is 15.8. The van der Waals surface area contributed by atoms with Gasteiger partial charge in [-0.1, -0.05) is 56.8 Å². The summed E-state index contributed by atoms with van der Waals surface area (Å²) in [6, 6.07) is 5.56. The number of hydrogen-bond donors (Lipinski definition) is 0. The summed E-state index contributed by atoms with van der Waals surface area (Å²) in [6.07, 6.45) is 6.63. The summed E-state index contributed by atoms with van der Waals surface area (Å²) in [5, 5.41) is 10.1. The second-order valence-electron chi connectivity index (χ2n) is 3.73. The van der Waals surface area contributed by atoms with Crippen molar-refractivity contribution in [3.63, 3.8) is 0 Å². The van der Waals surface area contributed by atoms with Gasteiger partial charge >= 0.3 is 0 Å². The summed E-state index contributed by atoms with van der Waals surface area (Å²) in [7, 11) is 0. The largest absolute Gasteiger partial charge is 0.245 e. The highest BCUT2D eigenvalue weighted by Gasteiger charge is 2.10. The SMILES string of the molecule is C=C/C=C(\C=C)c1cc2c(C#N)nccc2nc1Cl.CC. The van der Waals surface area contributed by atoms with Crippen LogP contribution in [0.15, 0.2) is 49.7 Å². The Balaban J connectivity index is 0.00000106. The van der Waals surface area contributed by atoms with Crippen molar-refractivity contribution in [2.24, 2.45) is 0 Å². The Labute approximate surface area is 129 Å². The van der Waals surface area contributed by atoms with Gasteiger partial charge in [-0.25, -0.2) is 9.97 Å². The summed E-state index contributed by atoms with van der Waals surface area (Å²) < 4.78 is 0. The molecule has 0 bridgehead atoms. The average Bonchev–Trinajstić information content (AvgIpc) is 2.53. The second kappa shape index (κ2) is 7.98. The van der Waals surface area contributed by atoms with E-state index < -0.39 is 0 Å². The predicted octanol–water partition coefficient (Wildman–Crippen LogP) is 4.94. The number of rotatable bonds is 3. The molecule has 0 fully saturated rings. The van der Waals surface area contributed by atoms with E-state index in [1.54, 1.807) is 30.4 Å². The molecule has 0 aromatic carbocycles. The minimum absolute atomic E-state index is 0.324. The Bertz CT molecular complexity index is 740. The first-order valence-electron chi connectivity index (χ1n) is 6.52. The summed E-state index contributed by atoms with van der Waals surface area (Å²) in [4.78, 5) is 8.30. The van der Waals surface area contributed by atoms with Crippen LogP contribution in [-0.2, 0) is 0 Å². The van der Waals surface area contributed by atoms with Gasteiger partial charge in [-0.3, -0.25) is 0 Å². The molecular weight excluding hydrogens is 282 g/mol. The van der Waals surface area contributed by atoms with Gasteiger partial charge in [0.05, 0.1) is 5.52 Å². The molecule has 0 N–H and O–H groups in total. The third-order valence-electron chi connectivity index (χ3n) is 2.63. The van der Waals surface area contributed by atoms with Crippen molar-refractivity contribution in [1.82, 2.24) is 9.97 Å². The van der Waals surface area contributed by atoms with Gasteiger partial charge in [-0.2, -0.15) is 5.26 Å². The highest BCUT2D eigenvalue weighted by atomic mass is 35.5. The van der Waals surface area contributed by atoms with Crippen molar-refractivity contribution >= 4 is 28.1 Å². The van der Waals surface area contributed by atoms with Crippen LogP contribution in [0.25, 0.3) is 16.5 Å². The standard InChI is InChI=1S/C15H10ClN3.C2H6/c1-3-5-10(4-2)11-8-12-13(19-15(11)16)6-7-18-14(12)9-17;1-2/h3-8H,1-2H2;1-2H3/b10-5+;. The Hall–Kier alpha value is -2.44. The van der Waals surface area contributed by atoms with E-state index in [0.717, 1.165) is 5.57 Å². The van der Waals surface area contributed by atoms with Crippen LogP contribution in [-0.4, -0.2) is 9.97 Å². The lowest BCUT2D eigenvalue weighted by molar-refractivity contribution is 1.27. The normalized spacial score (nSPS) is 10.3. The monoisotopic (exact) mass is 297 g/mol. The highest BCUT2D eigenvalue weighted by molar-refractivity contribution is 6.31. The third kappa shape index (κ3) is 3.56. The molecule has 0 aliphatic carbocycles. The molecule has 21 heavy (non-hydrogen) atoms. The fraction of sp³-hybridized carbons (Fsp3) is 0.118. The summed E-state index contributed by atoms with van der Waals surface area (Å²) in [6.45, 7) is 11.4. The lowest BCUT2D eigenvalue weighted by atomic mass is 10.0. The van der Waals surface area contributed by atoms with Crippen molar-refractivity contribution in [3.8, 4) is 6.07 Å². The topological polar surface area (TPSA) is 49.6 Å². The molecule has 2 rings (SSSR count). The zero-order valence-corrected chi connectivity index (χ0v) is 12.9. The molecule has 4 heteroatoms. The molecule has 0 unspecified atom stereocenters. The number of nitriles is 1. The third-order valence-corrected chi connectivity index (χ3v) is 2.92. The molecule has 2 aromatic heterocycles. The van der Waals surface area contributed by atoms with Crippen molar-refractivity contribution in [2.45, 2.75) is 13.8 Å². The number of fused-ring (bicyclic) bond motifs is 1. The highest BCUT2D eigenvalue weighted by Crippen LogP contribution is 2.28. The van der Waals surface area contributed by atoms with E-state index in [4.69, 9.17) is 16.9 Å². The van der Waals surface area contributed by atoms with Gasteiger partial charge in [-0.15, -0.1) is 0 Å². The predicted molar refractivity (Wildman–Crippen MR) is 89.0 cm³/mol. The van der Waals surface area contributed by atoms with Gasteiger partial charge in [0.2, 0.25) is 0 Å². The molecule has 2 aromatic rings. The second-order valence-corrected chi connectivity index (χ2v) is 4.08. The molecule has 0 spiro atoms. The first-order chi connectivity index (χ1) is 10.2. The quantitative estimate of drug-likeness (QED) is 0.596. The Kier molecular flexibility index (Phi) is 6.32. The fourth-order valence-electron chi connectivity index (χ4n) is 1.76. The van der Waals surface area contributed by atoms with Crippen LogP contribution in [0, 0.1) is 11.3 Å². The Morgan fingerprint density at radius 1 is 1.38 bits per heavy atom. The summed E-state index contributed by atoms with van der Waals surface area (Å²) in [5.74, 6) is 0. The van der Waals surface area contributed by atoms with Gasteiger partial charge in [0.15, 0.2) is 0 Å². The number of hydrogen-bond acceptors (Lipinski definition) is 3. The number of allylic oxidation sites excluding steroid dienone is 4. The number of aromatic nitrogens is 2. The van der Waals surface area contributed by atoms with E-state index in [0.29, 0.717) is 27.3 Å². The molecule has 3 nitrogen and oxygen atoms in total. The summed E-state index contributed by atoms with van der Waals surface area (Å²) in [5.41, 5.74) is 2.46. The number of halogens is 1. The Morgan fingerprint density at radius 2 is 2.10 bits per heavy atom. The van der Waals surface area contributed by atoms with Gasteiger partial charge in [0.25, 0.3) is 0 Å². The smallest absolute Gasteiger partial charge is 0.149 e. The van der Waals surface area contributed by atoms with E-state index in [9.17, 15) is 0 Å². The van der Waals surface area contributed by atoms with E-state index in [-0.39, 0.29) is 0 Å². The van der Waals surface area contributed by atoms with Crippen molar-refractivity contribution < 1.29 is 0 Å². The molecule has 0 aliphatic rings. The number of pyridine rings is 2. The van der Waals surface area contributed by atoms with Crippen molar-refractivity contribution in [3.05, 3.63) is 66.1 Å². The van der Waals surface area contributed by atoms with Crippen LogP contribution < -0.4 is 0 Å². The minimum atomic E-state index is 0.324. The lowest BCUT2D eigenvalue weighted by Gasteiger charge is -2.07. The first kappa shape index (κ1) is 16.6. The average molecular weight is 298 g/mol. The van der Waals surface area contributed by atoms with Crippen LogP contribution in [0.2, 0.25) is 5.15 Å². The molecule has 0 radical (unpaired) electrons. The molecule has 0 amide bonds. The molecule has 0 atom stereocenters. The van der Waals surface area contributed by atoms with Crippen LogP contribution in [0.3, 0.4) is 0 Å². The van der Waals surface area contributed by atoms with Crippen molar-refractivity contribution in [2.75, 3.05) is 0 Å². The molecule has 0 saturated heterocycles. The van der Waals surface area contributed by atoms with Crippen LogP contribution in [0.5, 0.6) is 0 Å². The number of nitrogens with zero attached hydrogens (tertiary/aromatic N) is 3. The maximum atomic E-state index is 9.07. The van der Waals surface area contributed by atoms with E-state index in [2.05, 4.69) is 23.1 Å². The Morgan fingerprint density at radius 3 is 2.67 bits per heavy atom. The van der Waals surface area contributed by atoms with Gasteiger partial charge in [-0.05, 0) is 17.7 Å². The maximum Gasteiger partial charge on any atom is 0.149 e. The van der Waals surface area contributed by atoms with Gasteiger partial charge < -0.3 is 0 Å². The van der Waals surface area contributed by atoms with Crippen LogP contribution >= 0.6 is 11.6 Å². The fourth-order valence-corrected chi connectivity index (χ4v) is 2.01. The maximum absolute atomic E-state index is 9.07.